The van der Waals surface area contributed by atoms with Gasteiger partial charge in [-0.15, -0.1) is 0 Å². The van der Waals surface area contributed by atoms with Gasteiger partial charge in [-0.1, -0.05) is 206 Å². The molecule has 12 aromatic rings. The Morgan fingerprint density at radius 1 is 0.242 bits per heavy atom. The van der Waals surface area contributed by atoms with Crippen molar-refractivity contribution < 1.29 is 0 Å². The van der Waals surface area contributed by atoms with Crippen molar-refractivity contribution in [2.24, 2.45) is 0 Å². The van der Waals surface area contributed by atoms with Gasteiger partial charge in [-0.3, -0.25) is 0 Å². The maximum atomic E-state index is 2.41. The largest absolute Gasteiger partial charge is 0.311 e. The van der Waals surface area contributed by atoms with Gasteiger partial charge in [0.05, 0.1) is 16.7 Å². The van der Waals surface area contributed by atoms with E-state index >= 15 is 0 Å². The lowest BCUT2D eigenvalue weighted by Gasteiger charge is -2.26. The Morgan fingerprint density at radius 3 is 1.14 bits per heavy atom. The number of hydrogen-bond donors (Lipinski definition) is 0. The molecule has 0 unspecified atom stereocenters. The van der Waals surface area contributed by atoms with Gasteiger partial charge in [0.15, 0.2) is 0 Å². The fraction of sp³-hybridized carbons (Fsp3) is 0. The molecular formula is C64H44N2. The zero-order chi connectivity index (χ0) is 43.8. The second-order valence-electron chi connectivity index (χ2n) is 16.9. The second-order valence-corrected chi connectivity index (χ2v) is 16.9. The van der Waals surface area contributed by atoms with E-state index in [1.54, 1.807) is 0 Å². The van der Waals surface area contributed by atoms with Crippen molar-refractivity contribution in [1.29, 1.82) is 0 Å². The van der Waals surface area contributed by atoms with Gasteiger partial charge in [0.25, 0.3) is 0 Å². The maximum Gasteiger partial charge on any atom is 0.0541 e. The lowest BCUT2D eigenvalue weighted by Crippen LogP contribution is -2.09. The van der Waals surface area contributed by atoms with Crippen LogP contribution >= 0.6 is 0 Å². The molecule has 2 heteroatoms. The summed E-state index contributed by atoms with van der Waals surface area (Å²) in [5.41, 5.74) is 18.8. The van der Waals surface area contributed by atoms with E-state index in [0.29, 0.717) is 0 Å². The van der Waals surface area contributed by atoms with Gasteiger partial charge >= 0.3 is 0 Å². The molecule has 0 saturated heterocycles. The van der Waals surface area contributed by atoms with Gasteiger partial charge in [0, 0.05) is 33.4 Å². The van der Waals surface area contributed by atoms with Crippen molar-refractivity contribution in [3.8, 4) is 61.3 Å². The van der Waals surface area contributed by atoms with Gasteiger partial charge in [-0.2, -0.15) is 0 Å². The predicted octanol–water partition coefficient (Wildman–Crippen LogP) is 17.7. The lowest BCUT2D eigenvalue weighted by molar-refractivity contribution is 1.18. The summed E-state index contributed by atoms with van der Waals surface area (Å²) in [6, 6.07) is 96.7. The van der Waals surface area contributed by atoms with Gasteiger partial charge in [-0.25, -0.2) is 0 Å². The van der Waals surface area contributed by atoms with E-state index in [9.17, 15) is 0 Å². The van der Waals surface area contributed by atoms with Crippen LogP contribution in [0.25, 0.3) is 93.9 Å². The molecule has 0 atom stereocenters. The molecule has 0 bridgehead atoms. The summed E-state index contributed by atoms with van der Waals surface area (Å²) in [6.07, 6.45) is 0. The Bertz CT molecular complexity index is 3590. The van der Waals surface area contributed by atoms with E-state index in [0.717, 1.165) is 17.1 Å². The SMILES string of the molecule is c1ccc(-c2ccc(N(c3ccc(-c4ccc(-c5ccc6ccccc6c5)cc4)cc3)c3ccc(-c4ccc(-c5ccccc5-n5c6ccccc6c6ccccc65)cc4)cc3)cc2)cc1. The summed E-state index contributed by atoms with van der Waals surface area (Å²) in [6.45, 7) is 0. The summed E-state index contributed by atoms with van der Waals surface area (Å²) in [7, 11) is 0. The third-order valence-electron chi connectivity index (χ3n) is 13.0. The van der Waals surface area contributed by atoms with Crippen LogP contribution in [0.3, 0.4) is 0 Å². The van der Waals surface area contributed by atoms with Gasteiger partial charge in [0.2, 0.25) is 0 Å². The average Bonchev–Trinajstić information content (AvgIpc) is 3.74. The highest BCUT2D eigenvalue weighted by molar-refractivity contribution is 6.09. The molecule has 310 valence electrons. The Kier molecular flexibility index (Phi) is 9.89. The number of hydrogen-bond acceptors (Lipinski definition) is 1. The molecule has 0 aliphatic carbocycles. The quantitative estimate of drug-likeness (QED) is 0.141. The minimum atomic E-state index is 1.09. The molecular weight excluding hydrogens is 797 g/mol. The third kappa shape index (κ3) is 7.21. The number of nitrogens with zero attached hydrogens (tertiary/aromatic N) is 2. The lowest BCUT2D eigenvalue weighted by atomic mass is 9.98. The summed E-state index contributed by atoms with van der Waals surface area (Å²) in [5.74, 6) is 0. The third-order valence-corrected chi connectivity index (χ3v) is 13.0. The number of anilines is 3. The van der Waals surface area contributed by atoms with Crippen molar-refractivity contribution in [3.05, 3.63) is 267 Å². The van der Waals surface area contributed by atoms with Crippen molar-refractivity contribution in [3.63, 3.8) is 0 Å². The van der Waals surface area contributed by atoms with E-state index in [1.165, 1.54) is 93.9 Å². The van der Waals surface area contributed by atoms with Crippen LogP contribution in [0, 0.1) is 0 Å². The molecule has 0 radical (unpaired) electrons. The first-order chi connectivity index (χ1) is 32.7. The van der Waals surface area contributed by atoms with Crippen molar-refractivity contribution in [2.45, 2.75) is 0 Å². The number of para-hydroxylation sites is 3. The molecule has 11 aromatic carbocycles. The smallest absolute Gasteiger partial charge is 0.0541 e. The van der Waals surface area contributed by atoms with Crippen molar-refractivity contribution >= 4 is 49.6 Å². The van der Waals surface area contributed by atoms with E-state index < -0.39 is 0 Å². The highest BCUT2D eigenvalue weighted by Gasteiger charge is 2.17. The van der Waals surface area contributed by atoms with Crippen LogP contribution in [0.15, 0.2) is 267 Å². The normalized spacial score (nSPS) is 11.3. The molecule has 1 heterocycles. The molecule has 0 amide bonds. The maximum absolute atomic E-state index is 2.41. The Labute approximate surface area is 385 Å². The zero-order valence-corrected chi connectivity index (χ0v) is 36.3. The summed E-state index contributed by atoms with van der Waals surface area (Å²) >= 11 is 0. The van der Waals surface area contributed by atoms with E-state index in [1.807, 2.05) is 0 Å². The van der Waals surface area contributed by atoms with Gasteiger partial charge in [-0.05, 0) is 122 Å². The molecule has 2 nitrogen and oxygen atoms in total. The molecule has 0 spiro atoms. The Morgan fingerprint density at radius 2 is 0.606 bits per heavy atom. The second kappa shape index (κ2) is 16.8. The van der Waals surface area contributed by atoms with Crippen LogP contribution in [0.5, 0.6) is 0 Å². The molecule has 12 rings (SSSR count). The van der Waals surface area contributed by atoms with Crippen LogP contribution in [0.1, 0.15) is 0 Å². The highest BCUT2D eigenvalue weighted by atomic mass is 15.1. The van der Waals surface area contributed by atoms with E-state index in [2.05, 4.69) is 276 Å². The van der Waals surface area contributed by atoms with Crippen LogP contribution in [0.4, 0.5) is 17.1 Å². The van der Waals surface area contributed by atoms with Crippen LogP contribution in [-0.2, 0) is 0 Å². The van der Waals surface area contributed by atoms with E-state index in [-0.39, 0.29) is 0 Å². The number of fused-ring (bicyclic) bond motifs is 4. The van der Waals surface area contributed by atoms with Gasteiger partial charge in [0.1, 0.15) is 0 Å². The zero-order valence-electron chi connectivity index (χ0n) is 36.3. The van der Waals surface area contributed by atoms with Crippen molar-refractivity contribution in [1.82, 2.24) is 4.57 Å². The number of benzene rings is 11. The summed E-state index contributed by atoms with van der Waals surface area (Å²) < 4.78 is 2.41. The van der Waals surface area contributed by atoms with Crippen LogP contribution in [0.2, 0.25) is 0 Å². The molecule has 1 aromatic heterocycles. The highest BCUT2D eigenvalue weighted by Crippen LogP contribution is 2.40. The Balaban J connectivity index is 0.846. The first-order valence-corrected chi connectivity index (χ1v) is 22.7. The average molecular weight is 841 g/mol. The topological polar surface area (TPSA) is 8.17 Å². The molecule has 0 fully saturated rings. The summed E-state index contributed by atoms with van der Waals surface area (Å²) in [4.78, 5) is 2.35. The fourth-order valence-corrected chi connectivity index (χ4v) is 9.65. The Hall–Kier alpha value is -8.72. The summed E-state index contributed by atoms with van der Waals surface area (Å²) in [5, 5.41) is 5.04. The minimum absolute atomic E-state index is 1.09. The molecule has 0 aliphatic rings. The first kappa shape index (κ1) is 38.9. The number of aromatic nitrogens is 1. The van der Waals surface area contributed by atoms with Crippen molar-refractivity contribution in [2.75, 3.05) is 4.90 Å². The minimum Gasteiger partial charge on any atom is -0.311 e. The van der Waals surface area contributed by atoms with Crippen LogP contribution in [-0.4, -0.2) is 4.57 Å². The standard InChI is InChI=1S/C64H44N2/c1-2-12-45(13-3-1)49-32-38-56(39-33-49)65(57-40-34-50(35-41-57)47-22-24-52(25-23-47)55-31-28-46-14-4-5-15-54(46)44-55)58-42-36-51(37-43-58)48-26-29-53(30-27-48)59-16-6-9-19-62(59)66-63-20-10-7-17-60(63)61-18-8-11-21-64(61)66/h1-44H. The first-order valence-electron chi connectivity index (χ1n) is 22.7. The molecule has 0 saturated carbocycles. The molecule has 66 heavy (non-hydrogen) atoms. The van der Waals surface area contributed by atoms with Crippen LogP contribution < -0.4 is 4.90 Å². The van der Waals surface area contributed by atoms with Gasteiger partial charge < -0.3 is 9.47 Å². The molecule has 0 aliphatic heterocycles. The fourth-order valence-electron chi connectivity index (χ4n) is 9.65. The molecule has 0 N–H and O–H groups in total. The number of rotatable bonds is 9. The van der Waals surface area contributed by atoms with E-state index in [4.69, 9.17) is 0 Å². The monoisotopic (exact) mass is 840 g/mol. The predicted molar refractivity (Wildman–Crippen MR) is 280 cm³/mol.